The summed E-state index contributed by atoms with van der Waals surface area (Å²) < 4.78 is 33.5. The van der Waals surface area contributed by atoms with Gasteiger partial charge in [0.1, 0.15) is 5.75 Å². The van der Waals surface area contributed by atoms with Gasteiger partial charge in [-0.05, 0) is 37.1 Å². The molecule has 1 aromatic carbocycles. The lowest BCUT2D eigenvalue weighted by atomic mass is 10.1. The molecule has 0 aliphatic heterocycles. The zero-order valence-electron chi connectivity index (χ0n) is 11.4. The topological polar surface area (TPSA) is 108 Å². The van der Waals surface area contributed by atoms with Crippen LogP contribution in [0.4, 0.5) is 0 Å². The fourth-order valence-corrected chi connectivity index (χ4v) is 2.61. The molecule has 1 aromatic heterocycles. The van der Waals surface area contributed by atoms with Crippen molar-refractivity contribution >= 4 is 10.0 Å². The van der Waals surface area contributed by atoms with Gasteiger partial charge in [0.25, 0.3) is 5.89 Å². The van der Waals surface area contributed by atoms with Gasteiger partial charge in [-0.1, -0.05) is 0 Å². The molecule has 0 amide bonds. The molecule has 0 fully saturated rings. The summed E-state index contributed by atoms with van der Waals surface area (Å²) in [4.78, 5) is 0.0935. The monoisotopic (exact) mass is 297 g/mol. The van der Waals surface area contributed by atoms with Crippen molar-refractivity contribution in [3.8, 4) is 5.75 Å². The number of nitrogens with two attached hydrogens (primary N) is 1. The van der Waals surface area contributed by atoms with Gasteiger partial charge in [-0.15, -0.1) is 10.2 Å². The normalized spacial score (nSPS) is 11.6. The number of aromatic nitrogens is 2. The summed E-state index contributed by atoms with van der Waals surface area (Å²) in [6.45, 7) is 5.20. The van der Waals surface area contributed by atoms with Crippen LogP contribution in [0, 0.1) is 20.8 Å². The van der Waals surface area contributed by atoms with Crippen LogP contribution in [-0.2, 0) is 16.6 Å². The second-order valence-electron chi connectivity index (χ2n) is 4.43. The summed E-state index contributed by atoms with van der Waals surface area (Å²) in [5.41, 5.74) is 1.19. The maximum Gasteiger partial charge on any atom is 0.253 e. The van der Waals surface area contributed by atoms with E-state index in [9.17, 15) is 8.42 Å². The van der Waals surface area contributed by atoms with Crippen molar-refractivity contribution in [1.29, 1.82) is 0 Å². The average molecular weight is 297 g/mol. The van der Waals surface area contributed by atoms with E-state index in [0.29, 0.717) is 28.7 Å². The number of sulfonamides is 1. The van der Waals surface area contributed by atoms with Gasteiger partial charge in [-0.2, -0.15) is 0 Å². The van der Waals surface area contributed by atoms with E-state index in [1.165, 1.54) is 6.07 Å². The van der Waals surface area contributed by atoms with Crippen molar-refractivity contribution < 1.29 is 17.6 Å². The van der Waals surface area contributed by atoms with E-state index >= 15 is 0 Å². The summed E-state index contributed by atoms with van der Waals surface area (Å²) in [5, 5.41) is 12.6. The molecule has 0 saturated heterocycles. The molecule has 0 bridgehead atoms. The van der Waals surface area contributed by atoms with E-state index in [1.54, 1.807) is 26.8 Å². The lowest BCUT2D eigenvalue weighted by Gasteiger charge is -2.11. The van der Waals surface area contributed by atoms with Crippen molar-refractivity contribution in [1.82, 2.24) is 10.2 Å². The minimum atomic E-state index is -3.73. The first-order valence-electron chi connectivity index (χ1n) is 5.83. The predicted octanol–water partition coefficient (Wildman–Crippen LogP) is 1.22. The zero-order valence-corrected chi connectivity index (χ0v) is 12.2. The van der Waals surface area contributed by atoms with Crippen LogP contribution in [0.5, 0.6) is 5.75 Å². The molecule has 8 heteroatoms. The smallest absolute Gasteiger partial charge is 0.253 e. The van der Waals surface area contributed by atoms with Crippen molar-refractivity contribution in [3.63, 3.8) is 0 Å². The number of rotatable bonds is 4. The summed E-state index contributed by atoms with van der Waals surface area (Å²) in [7, 11) is -3.73. The molecule has 0 aliphatic carbocycles. The zero-order chi connectivity index (χ0) is 14.9. The summed E-state index contributed by atoms with van der Waals surface area (Å²) >= 11 is 0. The minimum Gasteiger partial charge on any atom is -0.484 e. The van der Waals surface area contributed by atoms with Gasteiger partial charge in [0.15, 0.2) is 6.61 Å². The number of hydrogen-bond donors (Lipinski definition) is 1. The highest BCUT2D eigenvalue weighted by Gasteiger charge is 2.15. The molecule has 0 radical (unpaired) electrons. The Bertz CT molecular complexity index is 737. The Morgan fingerprint density at radius 2 is 1.90 bits per heavy atom. The van der Waals surface area contributed by atoms with Gasteiger partial charge >= 0.3 is 0 Å². The number of ether oxygens (including phenoxy) is 1. The maximum absolute atomic E-state index is 11.4. The van der Waals surface area contributed by atoms with E-state index in [1.807, 2.05) is 0 Å². The number of aryl methyl sites for hydroxylation is 3. The average Bonchev–Trinajstić information content (AvgIpc) is 2.74. The van der Waals surface area contributed by atoms with Crippen molar-refractivity contribution in [2.45, 2.75) is 32.3 Å². The molecule has 0 unspecified atom stereocenters. The van der Waals surface area contributed by atoms with Crippen LogP contribution in [0.1, 0.15) is 22.9 Å². The molecule has 0 saturated carbocycles. The highest BCUT2D eigenvalue weighted by atomic mass is 32.2. The van der Waals surface area contributed by atoms with Gasteiger partial charge in [0.2, 0.25) is 15.9 Å². The molecule has 0 aliphatic rings. The number of nitrogens with zero attached hydrogens (tertiary/aromatic N) is 2. The molecule has 2 aromatic rings. The van der Waals surface area contributed by atoms with Crippen LogP contribution in [0.3, 0.4) is 0 Å². The Kier molecular flexibility index (Phi) is 3.78. The molecule has 2 N–H and O–H groups in total. The fraction of sp³-hybridized carbons (Fsp3) is 0.333. The van der Waals surface area contributed by atoms with Crippen molar-refractivity contribution in [2.75, 3.05) is 0 Å². The van der Waals surface area contributed by atoms with Crippen LogP contribution in [0.25, 0.3) is 0 Å². The third-order valence-corrected chi connectivity index (χ3v) is 3.75. The van der Waals surface area contributed by atoms with Crippen molar-refractivity contribution in [3.05, 3.63) is 35.0 Å². The third-order valence-electron chi connectivity index (χ3n) is 2.70. The number of benzene rings is 1. The van der Waals surface area contributed by atoms with Crippen LogP contribution in [0.2, 0.25) is 0 Å². The number of primary sulfonamides is 1. The highest BCUT2D eigenvalue weighted by molar-refractivity contribution is 7.89. The molecule has 7 nitrogen and oxygen atoms in total. The quantitative estimate of drug-likeness (QED) is 0.909. The number of hydrogen-bond acceptors (Lipinski definition) is 6. The van der Waals surface area contributed by atoms with Crippen LogP contribution in [0.15, 0.2) is 21.4 Å². The highest BCUT2D eigenvalue weighted by Crippen LogP contribution is 2.25. The second-order valence-corrected chi connectivity index (χ2v) is 5.96. The molecule has 0 spiro atoms. The van der Waals surface area contributed by atoms with Gasteiger partial charge in [-0.25, -0.2) is 13.6 Å². The lowest BCUT2D eigenvalue weighted by molar-refractivity contribution is 0.258. The second kappa shape index (κ2) is 5.22. The van der Waals surface area contributed by atoms with Gasteiger partial charge in [0, 0.05) is 6.92 Å². The first-order valence-corrected chi connectivity index (χ1v) is 7.38. The van der Waals surface area contributed by atoms with Gasteiger partial charge < -0.3 is 9.15 Å². The summed E-state index contributed by atoms with van der Waals surface area (Å²) in [6, 6.07) is 3.11. The molecule has 108 valence electrons. The Morgan fingerprint density at radius 3 is 2.45 bits per heavy atom. The third kappa shape index (κ3) is 3.14. The van der Waals surface area contributed by atoms with E-state index < -0.39 is 10.0 Å². The molecular weight excluding hydrogens is 282 g/mol. The standard InChI is InChI=1S/C12H15N3O4S/c1-7-5-11(20(13,16)17)8(2)4-10(7)18-6-12-15-14-9(3)19-12/h4-5H,6H2,1-3H3,(H2,13,16,17). The first-order chi connectivity index (χ1) is 9.27. The van der Waals surface area contributed by atoms with E-state index in [-0.39, 0.29) is 11.5 Å². The Morgan fingerprint density at radius 1 is 1.20 bits per heavy atom. The van der Waals surface area contributed by atoms with E-state index in [2.05, 4.69) is 10.2 Å². The maximum atomic E-state index is 11.4. The van der Waals surface area contributed by atoms with Gasteiger partial charge in [-0.3, -0.25) is 0 Å². The Balaban J connectivity index is 2.23. The van der Waals surface area contributed by atoms with Crippen LogP contribution >= 0.6 is 0 Å². The minimum absolute atomic E-state index is 0.0935. The van der Waals surface area contributed by atoms with Crippen LogP contribution < -0.4 is 9.88 Å². The fourth-order valence-electron chi connectivity index (χ4n) is 1.76. The molecular formula is C12H15N3O4S. The first kappa shape index (κ1) is 14.5. The van der Waals surface area contributed by atoms with E-state index in [4.69, 9.17) is 14.3 Å². The summed E-state index contributed by atoms with van der Waals surface area (Å²) in [5.74, 6) is 1.36. The lowest BCUT2D eigenvalue weighted by Crippen LogP contribution is -2.14. The predicted molar refractivity (Wildman–Crippen MR) is 70.7 cm³/mol. The molecule has 1 heterocycles. The summed E-state index contributed by atoms with van der Waals surface area (Å²) in [6.07, 6.45) is 0. The SMILES string of the molecule is Cc1nnc(COc2cc(C)c(S(N)(=O)=O)cc2C)o1. The Labute approximate surface area is 116 Å². The van der Waals surface area contributed by atoms with Crippen LogP contribution in [-0.4, -0.2) is 18.6 Å². The van der Waals surface area contributed by atoms with Gasteiger partial charge in [0.05, 0.1) is 4.90 Å². The Hall–Kier alpha value is -1.93. The molecule has 2 rings (SSSR count). The molecule has 0 atom stereocenters. The largest absolute Gasteiger partial charge is 0.484 e. The van der Waals surface area contributed by atoms with E-state index in [0.717, 1.165) is 0 Å². The van der Waals surface area contributed by atoms with Crippen molar-refractivity contribution in [2.24, 2.45) is 5.14 Å². The molecule has 20 heavy (non-hydrogen) atoms.